The van der Waals surface area contributed by atoms with Gasteiger partial charge in [0.15, 0.2) is 0 Å². The minimum absolute atomic E-state index is 0.877. The molecule has 144 valence electrons. The van der Waals surface area contributed by atoms with Gasteiger partial charge in [0, 0.05) is 0 Å². The predicted molar refractivity (Wildman–Crippen MR) is 108 cm³/mol. The van der Waals surface area contributed by atoms with Crippen molar-refractivity contribution in [1.82, 2.24) is 0 Å². The van der Waals surface area contributed by atoms with E-state index in [4.69, 9.17) is 0 Å². The van der Waals surface area contributed by atoms with Crippen LogP contribution in [0.3, 0.4) is 0 Å². The Morgan fingerprint density at radius 2 is 1.16 bits per heavy atom. The first-order valence-corrected chi connectivity index (χ1v) is 11.8. The van der Waals surface area contributed by atoms with Gasteiger partial charge in [-0.15, -0.1) is 0 Å². The van der Waals surface area contributed by atoms with Crippen molar-refractivity contribution in [3.8, 4) is 0 Å². The summed E-state index contributed by atoms with van der Waals surface area (Å²) in [6.45, 7) is 17.6. The van der Waals surface area contributed by atoms with E-state index < -0.39 is 0 Å². The maximum Gasteiger partial charge on any atom is -0.0352 e. The molecule has 0 aromatic carbocycles. The van der Waals surface area contributed by atoms with Crippen molar-refractivity contribution < 1.29 is 0 Å². The normalized spacial score (nSPS) is 49.4. The third-order valence-electron chi connectivity index (χ3n) is 9.77. The molecule has 4 fully saturated rings. The molecule has 25 heavy (non-hydrogen) atoms. The van der Waals surface area contributed by atoms with Crippen LogP contribution in [-0.4, -0.2) is 0 Å². The van der Waals surface area contributed by atoms with Crippen LogP contribution in [0, 0.1) is 76.9 Å². The molecule has 4 aliphatic carbocycles. The SMILES string of the molecule is CC(C)C(C)C1CC1CC(C)C1CC1C(C)C1CC1C(C)C1CC1C. The Morgan fingerprint density at radius 3 is 1.72 bits per heavy atom. The van der Waals surface area contributed by atoms with Crippen molar-refractivity contribution in [1.29, 1.82) is 0 Å². The Bertz CT molecular complexity index is 478. The minimum atomic E-state index is 0.877. The Morgan fingerprint density at radius 1 is 0.640 bits per heavy atom. The molecule has 0 heteroatoms. The lowest BCUT2D eigenvalue weighted by Gasteiger charge is -2.18. The molecule has 0 aromatic rings. The van der Waals surface area contributed by atoms with Crippen molar-refractivity contribution in [2.45, 2.75) is 80.6 Å². The lowest BCUT2D eigenvalue weighted by Crippen LogP contribution is -2.12. The van der Waals surface area contributed by atoms with Crippen LogP contribution in [0.5, 0.6) is 0 Å². The van der Waals surface area contributed by atoms with Gasteiger partial charge in [-0.2, -0.15) is 0 Å². The van der Waals surface area contributed by atoms with E-state index in [1.165, 1.54) is 6.42 Å². The fourth-order valence-electron chi connectivity index (χ4n) is 6.99. The molecule has 0 N–H and O–H groups in total. The summed E-state index contributed by atoms with van der Waals surface area (Å²) in [5, 5.41) is 0. The monoisotopic (exact) mass is 344 g/mol. The Hall–Kier alpha value is 0. The number of rotatable bonds is 9. The van der Waals surface area contributed by atoms with E-state index in [-0.39, 0.29) is 0 Å². The van der Waals surface area contributed by atoms with Gasteiger partial charge in [-0.1, -0.05) is 48.5 Å². The van der Waals surface area contributed by atoms with Gasteiger partial charge in [-0.3, -0.25) is 0 Å². The Labute approximate surface area is 157 Å². The van der Waals surface area contributed by atoms with Gasteiger partial charge in [-0.05, 0) is 109 Å². The van der Waals surface area contributed by atoms with Crippen LogP contribution < -0.4 is 0 Å². The zero-order chi connectivity index (χ0) is 18.0. The Balaban J connectivity index is 1.19. The highest BCUT2D eigenvalue weighted by molar-refractivity contribution is 5.05. The molecule has 4 rings (SSSR count). The molecule has 0 aliphatic heterocycles. The summed E-state index contributed by atoms with van der Waals surface area (Å²) < 4.78 is 0. The molecule has 0 radical (unpaired) electrons. The molecule has 0 heterocycles. The van der Waals surface area contributed by atoms with Crippen LogP contribution in [0.4, 0.5) is 0 Å². The molecular weight excluding hydrogens is 300 g/mol. The van der Waals surface area contributed by atoms with Crippen molar-refractivity contribution >= 4 is 0 Å². The quantitative estimate of drug-likeness (QED) is 0.417. The van der Waals surface area contributed by atoms with Gasteiger partial charge in [0.05, 0.1) is 0 Å². The van der Waals surface area contributed by atoms with Gasteiger partial charge < -0.3 is 0 Å². The van der Waals surface area contributed by atoms with Crippen molar-refractivity contribution in [3.05, 3.63) is 0 Å². The second-order valence-electron chi connectivity index (χ2n) is 11.7. The molecule has 0 nitrogen and oxygen atoms in total. The van der Waals surface area contributed by atoms with Crippen LogP contribution in [0.25, 0.3) is 0 Å². The van der Waals surface area contributed by atoms with Crippen molar-refractivity contribution in [2.24, 2.45) is 76.9 Å². The van der Waals surface area contributed by atoms with Gasteiger partial charge in [0.25, 0.3) is 0 Å². The van der Waals surface area contributed by atoms with Crippen molar-refractivity contribution in [2.75, 3.05) is 0 Å². The van der Waals surface area contributed by atoms with E-state index in [1.54, 1.807) is 25.7 Å². The highest BCUT2D eigenvalue weighted by atomic mass is 14.6. The molecule has 12 atom stereocenters. The third kappa shape index (κ3) is 3.70. The molecule has 4 aliphatic rings. The summed E-state index contributed by atoms with van der Waals surface area (Å²) >= 11 is 0. The first-order valence-electron chi connectivity index (χ1n) is 11.8. The fourth-order valence-corrected chi connectivity index (χ4v) is 6.99. The third-order valence-corrected chi connectivity index (χ3v) is 9.77. The summed E-state index contributed by atoms with van der Waals surface area (Å²) in [4.78, 5) is 0. The lowest BCUT2D eigenvalue weighted by molar-refractivity contribution is 0.302. The maximum atomic E-state index is 2.62. The van der Waals surface area contributed by atoms with Gasteiger partial charge in [-0.25, -0.2) is 0 Å². The molecule has 0 aromatic heterocycles. The molecule has 0 saturated heterocycles. The van der Waals surface area contributed by atoms with Crippen molar-refractivity contribution in [3.63, 3.8) is 0 Å². The summed E-state index contributed by atoms with van der Waals surface area (Å²) in [5.74, 6) is 13.5. The van der Waals surface area contributed by atoms with Crippen LogP contribution in [0.2, 0.25) is 0 Å². The van der Waals surface area contributed by atoms with E-state index in [0.29, 0.717) is 0 Å². The van der Waals surface area contributed by atoms with Crippen LogP contribution in [0.15, 0.2) is 0 Å². The minimum Gasteiger partial charge on any atom is -0.0625 e. The molecule has 0 amide bonds. The second kappa shape index (κ2) is 6.56. The largest absolute Gasteiger partial charge is 0.0625 e. The number of hydrogen-bond acceptors (Lipinski definition) is 0. The predicted octanol–water partition coefficient (Wildman–Crippen LogP) is 7.14. The molecule has 4 saturated carbocycles. The highest BCUT2D eigenvalue weighted by Crippen LogP contribution is 2.63. The van der Waals surface area contributed by atoms with Crippen LogP contribution >= 0.6 is 0 Å². The summed E-state index contributed by atoms with van der Waals surface area (Å²) in [7, 11) is 0. The molecular formula is C25H44. The summed E-state index contributed by atoms with van der Waals surface area (Å²) in [6, 6.07) is 0. The molecule has 12 unspecified atom stereocenters. The molecule has 0 bridgehead atoms. The van der Waals surface area contributed by atoms with Gasteiger partial charge in [0.1, 0.15) is 0 Å². The first kappa shape index (κ1) is 18.4. The van der Waals surface area contributed by atoms with E-state index in [0.717, 1.165) is 76.9 Å². The zero-order valence-corrected chi connectivity index (χ0v) is 18.0. The zero-order valence-electron chi connectivity index (χ0n) is 18.0. The fraction of sp³-hybridized carbons (Fsp3) is 1.00. The average Bonchev–Trinajstić information content (AvgIpc) is 3.41. The maximum absolute atomic E-state index is 2.62. The summed E-state index contributed by atoms with van der Waals surface area (Å²) in [5.41, 5.74) is 0. The Kier molecular flexibility index (Phi) is 4.82. The highest BCUT2D eigenvalue weighted by Gasteiger charge is 2.56. The molecule has 0 spiro atoms. The van der Waals surface area contributed by atoms with E-state index >= 15 is 0 Å². The van der Waals surface area contributed by atoms with Crippen LogP contribution in [0.1, 0.15) is 80.6 Å². The summed E-state index contributed by atoms with van der Waals surface area (Å²) in [6.07, 6.45) is 7.74. The van der Waals surface area contributed by atoms with Gasteiger partial charge >= 0.3 is 0 Å². The lowest BCUT2D eigenvalue weighted by atomic mass is 9.87. The standard InChI is InChI=1S/C25H44/c1-13(2)16(5)22-10-19(22)8-14(3)21-11-23(21)18(7)25-12-24(25)17(6)20-9-15(20)4/h13-25H,8-12H2,1-7H3. The second-order valence-corrected chi connectivity index (χ2v) is 11.7. The van der Waals surface area contributed by atoms with E-state index in [2.05, 4.69) is 48.5 Å². The average molecular weight is 345 g/mol. The topological polar surface area (TPSA) is 0 Å². The first-order chi connectivity index (χ1) is 11.8. The number of hydrogen-bond donors (Lipinski definition) is 0. The smallest absolute Gasteiger partial charge is 0.0352 e. The van der Waals surface area contributed by atoms with E-state index in [9.17, 15) is 0 Å². The van der Waals surface area contributed by atoms with Crippen LogP contribution in [-0.2, 0) is 0 Å². The van der Waals surface area contributed by atoms with Gasteiger partial charge in [0.2, 0.25) is 0 Å². The van der Waals surface area contributed by atoms with E-state index in [1.807, 2.05) is 0 Å².